The van der Waals surface area contributed by atoms with Gasteiger partial charge in [-0.15, -0.1) is 0 Å². The van der Waals surface area contributed by atoms with E-state index in [4.69, 9.17) is 9.84 Å². The Hall–Kier alpha value is -0.610. The van der Waals surface area contributed by atoms with Gasteiger partial charge in [-0.25, -0.2) is 0 Å². The van der Waals surface area contributed by atoms with E-state index in [1.54, 1.807) is 6.92 Å². The Morgan fingerprint density at radius 2 is 2.25 bits per heavy atom. The van der Waals surface area contributed by atoms with Crippen molar-refractivity contribution in [2.75, 3.05) is 26.2 Å². The molecule has 2 heterocycles. The fourth-order valence-electron chi connectivity index (χ4n) is 2.52. The number of carbonyl (C=O) groups is 1. The third-order valence-electron chi connectivity index (χ3n) is 3.82. The molecule has 0 amide bonds. The van der Waals surface area contributed by atoms with Crippen molar-refractivity contribution in [3.05, 3.63) is 0 Å². The van der Waals surface area contributed by atoms with Crippen molar-refractivity contribution in [3.8, 4) is 0 Å². The van der Waals surface area contributed by atoms with Crippen molar-refractivity contribution in [2.45, 2.75) is 32.3 Å². The van der Waals surface area contributed by atoms with Gasteiger partial charge < -0.3 is 14.7 Å². The largest absolute Gasteiger partial charge is 0.481 e. The standard InChI is InChI=1S/C12H21NO3/c1-9(12(14)15)10-6-13(7-10)8-11-4-2-3-5-16-11/h9-11H,2-8H2,1H3,(H,14,15). The van der Waals surface area contributed by atoms with Crippen LogP contribution in [0.5, 0.6) is 0 Å². The number of nitrogens with zero attached hydrogens (tertiary/aromatic N) is 1. The van der Waals surface area contributed by atoms with E-state index in [0.717, 1.165) is 32.7 Å². The smallest absolute Gasteiger partial charge is 0.306 e. The minimum atomic E-state index is -0.668. The second kappa shape index (κ2) is 5.15. The summed E-state index contributed by atoms with van der Waals surface area (Å²) < 4.78 is 5.67. The molecule has 0 aromatic heterocycles. The number of aliphatic carboxylic acids is 1. The van der Waals surface area contributed by atoms with Gasteiger partial charge in [0.1, 0.15) is 0 Å². The van der Waals surface area contributed by atoms with Crippen LogP contribution in [0.3, 0.4) is 0 Å². The summed E-state index contributed by atoms with van der Waals surface area (Å²) in [5.41, 5.74) is 0. The SMILES string of the molecule is CC(C(=O)O)C1CN(CC2CCCCO2)C1. The highest BCUT2D eigenvalue weighted by molar-refractivity contribution is 5.70. The summed E-state index contributed by atoms with van der Waals surface area (Å²) in [7, 11) is 0. The Labute approximate surface area is 96.6 Å². The molecule has 2 unspecified atom stereocenters. The Kier molecular flexibility index (Phi) is 3.82. The molecule has 0 spiro atoms. The lowest BCUT2D eigenvalue weighted by atomic mass is 9.86. The highest BCUT2D eigenvalue weighted by atomic mass is 16.5. The summed E-state index contributed by atoms with van der Waals surface area (Å²) in [6.07, 6.45) is 4.01. The van der Waals surface area contributed by atoms with Crippen LogP contribution in [0.4, 0.5) is 0 Å². The summed E-state index contributed by atoms with van der Waals surface area (Å²) in [6.45, 7) is 5.54. The van der Waals surface area contributed by atoms with E-state index < -0.39 is 5.97 Å². The lowest BCUT2D eigenvalue weighted by molar-refractivity contribution is -0.145. The quantitative estimate of drug-likeness (QED) is 0.784. The van der Waals surface area contributed by atoms with Gasteiger partial charge in [0.2, 0.25) is 0 Å². The van der Waals surface area contributed by atoms with Crippen LogP contribution in [0.2, 0.25) is 0 Å². The molecule has 2 aliphatic heterocycles. The molecule has 1 N–H and O–H groups in total. The molecule has 0 saturated carbocycles. The minimum Gasteiger partial charge on any atom is -0.481 e. The molecule has 0 bridgehead atoms. The zero-order chi connectivity index (χ0) is 11.5. The van der Waals surface area contributed by atoms with Gasteiger partial charge in [-0.3, -0.25) is 4.79 Å². The molecular formula is C12H21NO3. The predicted octanol–water partition coefficient (Wildman–Crippen LogP) is 1.21. The van der Waals surface area contributed by atoms with Crippen LogP contribution >= 0.6 is 0 Å². The Bertz CT molecular complexity index is 245. The fourth-order valence-corrected chi connectivity index (χ4v) is 2.52. The first-order valence-corrected chi connectivity index (χ1v) is 6.23. The van der Waals surface area contributed by atoms with Gasteiger partial charge in [0.25, 0.3) is 0 Å². The average molecular weight is 227 g/mol. The van der Waals surface area contributed by atoms with Crippen molar-refractivity contribution in [1.82, 2.24) is 4.90 Å². The molecule has 4 nitrogen and oxygen atoms in total. The topological polar surface area (TPSA) is 49.8 Å². The molecule has 0 aromatic carbocycles. The number of carboxylic acids is 1. The number of carboxylic acid groups (broad SMARTS) is 1. The summed E-state index contributed by atoms with van der Waals surface area (Å²) in [6, 6.07) is 0. The first-order chi connectivity index (χ1) is 7.66. The maximum atomic E-state index is 10.8. The normalized spacial score (nSPS) is 29.7. The van der Waals surface area contributed by atoms with E-state index in [1.165, 1.54) is 12.8 Å². The zero-order valence-corrected chi connectivity index (χ0v) is 9.89. The van der Waals surface area contributed by atoms with E-state index >= 15 is 0 Å². The van der Waals surface area contributed by atoms with Gasteiger partial charge >= 0.3 is 5.97 Å². The van der Waals surface area contributed by atoms with Crippen LogP contribution in [0.1, 0.15) is 26.2 Å². The Morgan fingerprint density at radius 1 is 1.50 bits per heavy atom. The molecule has 0 aliphatic carbocycles. The van der Waals surface area contributed by atoms with Crippen LogP contribution in [0.25, 0.3) is 0 Å². The number of likely N-dealkylation sites (tertiary alicyclic amines) is 1. The third kappa shape index (κ3) is 2.74. The number of rotatable bonds is 4. The van der Waals surface area contributed by atoms with E-state index in [-0.39, 0.29) is 5.92 Å². The van der Waals surface area contributed by atoms with Crippen molar-refractivity contribution in [1.29, 1.82) is 0 Å². The molecule has 2 rings (SSSR count). The molecule has 0 aromatic rings. The molecule has 2 saturated heterocycles. The second-order valence-electron chi connectivity index (χ2n) is 5.09. The molecule has 16 heavy (non-hydrogen) atoms. The van der Waals surface area contributed by atoms with Gasteiger partial charge in [-0.1, -0.05) is 6.92 Å². The van der Waals surface area contributed by atoms with Crippen LogP contribution in [-0.4, -0.2) is 48.3 Å². The highest BCUT2D eigenvalue weighted by Crippen LogP contribution is 2.25. The number of hydrogen-bond acceptors (Lipinski definition) is 3. The molecule has 2 fully saturated rings. The lowest BCUT2D eigenvalue weighted by Crippen LogP contribution is -2.53. The monoisotopic (exact) mass is 227 g/mol. The number of hydrogen-bond donors (Lipinski definition) is 1. The number of ether oxygens (including phenoxy) is 1. The Balaban J connectivity index is 1.66. The summed E-state index contributed by atoms with van der Waals surface area (Å²) in [4.78, 5) is 13.1. The minimum absolute atomic E-state index is 0.205. The van der Waals surface area contributed by atoms with E-state index in [2.05, 4.69) is 4.90 Å². The summed E-state index contributed by atoms with van der Waals surface area (Å²) in [5.74, 6) is -0.539. The third-order valence-corrected chi connectivity index (χ3v) is 3.82. The first-order valence-electron chi connectivity index (χ1n) is 6.23. The molecular weight excluding hydrogens is 206 g/mol. The van der Waals surface area contributed by atoms with E-state index in [1.807, 2.05) is 0 Å². The zero-order valence-electron chi connectivity index (χ0n) is 9.89. The predicted molar refractivity (Wildman–Crippen MR) is 60.3 cm³/mol. The van der Waals surface area contributed by atoms with Crippen molar-refractivity contribution < 1.29 is 14.6 Å². The maximum absolute atomic E-state index is 10.8. The van der Waals surface area contributed by atoms with Crippen LogP contribution < -0.4 is 0 Å². The molecule has 2 atom stereocenters. The maximum Gasteiger partial charge on any atom is 0.306 e. The van der Waals surface area contributed by atoms with Gasteiger partial charge in [0.05, 0.1) is 12.0 Å². The first kappa shape index (κ1) is 11.9. The van der Waals surface area contributed by atoms with Gasteiger partial charge in [0.15, 0.2) is 0 Å². The van der Waals surface area contributed by atoms with Crippen LogP contribution in [0, 0.1) is 11.8 Å². The molecule has 2 aliphatic rings. The van der Waals surface area contributed by atoms with Crippen molar-refractivity contribution in [2.24, 2.45) is 11.8 Å². The average Bonchev–Trinajstić information content (AvgIpc) is 2.23. The highest BCUT2D eigenvalue weighted by Gasteiger charge is 2.35. The van der Waals surface area contributed by atoms with E-state index in [9.17, 15) is 4.79 Å². The molecule has 0 radical (unpaired) electrons. The Morgan fingerprint density at radius 3 is 2.81 bits per heavy atom. The fraction of sp³-hybridized carbons (Fsp3) is 0.917. The van der Waals surface area contributed by atoms with E-state index in [0.29, 0.717) is 12.0 Å². The van der Waals surface area contributed by atoms with Gasteiger partial charge in [-0.05, 0) is 25.2 Å². The summed E-state index contributed by atoms with van der Waals surface area (Å²) in [5, 5.41) is 8.88. The van der Waals surface area contributed by atoms with Gasteiger partial charge in [-0.2, -0.15) is 0 Å². The molecule has 92 valence electrons. The summed E-state index contributed by atoms with van der Waals surface area (Å²) >= 11 is 0. The van der Waals surface area contributed by atoms with Crippen molar-refractivity contribution >= 4 is 5.97 Å². The van der Waals surface area contributed by atoms with Crippen molar-refractivity contribution in [3.63, 3.8) is 0 Å². The second-order valence-corrected chi connectivity index (χ2v) is 5.09. The molecule has 4 heteroatoms. The van der Waals surface area contributed by atoms with Crippen LogP contribution in [-0.2, 0) is 9.53 Å². The lowest BCUT2D eigenvalue weighted by Gasteiger charge is -2.43. The van der Waals surface area contributed by atoms with Gasteiger partial charge in [0, 0.05) is 26.2 Å². The van der Waals surface area contributed by atoms with Crippen LogP contribution in [0.15, 0.2) is 0 Å².